The van der Waals surface area contributed by atoms with E-state index in [2.05, 4.69) is 16.9 Å². The van der Waals surface area contributed by atoms with Crippen LogP contribution in [-0.2, 0) is 17.6 Å². The van der Waals surface area contributed by atoms with Gasteiger partial charge in [-0.05, 0) is 61.1 Å². The first-order chi connectivity index (χ1) is 15.6. The molecular formula is C26H30N4O2. The molecule has 3 heterocycles. The minimum Gasteiger partial charge on any atom is -0.496 e. The average molecular weight is 431 g/mol. The molecule has 166 valence electrons. The molecule has 6 nitrogen and oxygen atoms in total. The highest BCUT2D eigenvalue weighted by Gasteiger charge is 2.33. The van der Waals surface area contributed by atoms with Crippen molar-refractivity contribution in [1.29, 1.82) is 0 Å². The summed E-state index contributed by atoms with van der Waals surface area (Å²) < 4.78 is 5.35. The number of nitrogens with zero attached hydrogens (tertiary/aromatic N) is 4. The summed E-state index contributed by atoms with van der Waals surface area (Å²) in [6.07, 6.45) is 9.54. The lowest BCUT2D eigenvalue weighted by molar-refractivity contribution is -0.131. The maximum absolute atomic E-state index is 13.4. The van der Waals surface area contributed by atoms with Gasteiger partial charge in [0.1, 0.15) is 11.6 Å². The Balaban J connectivity index is 1.64. The molecule has 0 spiro atoms. The van der Waals surface area contributed by atoms with Crippen molar-refractivity contribution in [2.24, 2.45) is 0 Å². The number of rotatable bonds is 7. The average Bonchev–Trinajstić information content (AvgIpc) is 3.30. The molecule has 1 atom stereocenters. The van der Waals surface area contributed by atoms with Crippen molar-refractivity contribution in [3.05, 3.63) is 71.6 Å². The molecule has 1 aromatic carbocycles. The van der Waals surface area contributed by atoms with Crippen molar-refractivity contribution in [3.8, 4) is 16.9 Å². The Morgan fingerprint density at radius 3 is 2.75 bits per heavy atom. The van der Waals surface area contributed by atoms with Gasteiger partial charge in [-0.1, -0.05) is 19.1 Å². The fraction of sp³-hybridized carbons (Fsp3) is 0.385. The molecule has 0 saturated carbocycles. The standard InChI is InChI=1S/C26H30N4O2/c1-4-6-24-28-17-21(20-10-12-27-13-11-20)26(29-24)22-7-5-14-30(22)25(31)16-19-8-9-23(32-3)18(2)15-19/h8-13,15,17,22H,4-7,14,16H2,1-3H3/t22-/m1/s1. The first-order valence-electron chi connectivity index (χ1n) is 11.3. The Morgan fingerprint density at radius 1 is 1.22 bits per heavy atom. The fourth-order valence-electron chi connectivity index (χ4n) is 4.46. The van der Waals surface area contributed by atoms with Gasteiger partial charge in [0.25, 0.3) is 0 Å². The van der Waals surface area contributed by atoms with Crippen LogP contribution in [0.1, 0.15) is 54.9 Å². The molecule has 1 amide bonds. The molecule has 4 rings (SSSR count). The molecule has 6 heteroatoms. The van der Waals surface area contributed by atoms with Crippen molar-refractivity contribution in [3.63, 3.8) is 0 Å². The van der Waals surface area contributed by atoms with Crippen molar-refractivity contribution in [1.82, 2.24) is 19.9 Å². The lowest BCUT2D eigenvalue weighted by atomic mass is 10.00. The van der Waals surface area contributed by atoms with E-state index >= 15 is 0 Å². The molecule has 1 aliphatic rings. The quantitative estimate of drug-likeness (QED) is 0.543. The molecular weight excluding hydrogens is 400 g/mol. The zero-order valence-corrected chi connectivity index (χ0v) is 19.0. The number of hydrogen-bond donors (Lipinski definition) is 0. The fourth-order valence-corrected chi connectivity index (χ4v) is 4.46. The summed E-state index contributed by atoms with van der Waals surface area (Å²) in [5.41, 5.74) is 5.00. The number of aromatic nitrogens is 3. The van der Waals surface area contributed by atoms with Crippen LogP contribution >= 0.6 is 0 Å². The van der Waals surface area contributed by atoms with E-state index in [1.54, 1.807) is 19.5 Å². The third kappa shape index (κ3) is 4.64. The SMILES string of the molecule is CCCc1ncc(-c2ccncc2)c([C@H]2CCCN2C(=O)Cc2ccc(OC)c(C)c2)n1. The summed E-state index contributed by atoms with van der Waals surface area (Å²) in [4.78, 5) is 29.1. The van der Waals surface area contributed by atoms with Crippen LogP contribution in [0.2, 0.25) is 0 Å². The van der Waals surface area contributed by atoms with Crippen LogP contribution < -0.4 is 4.74 Å². The number of benzene rings is 1. The van der Waals surface area contributed by atoms with E-state index in [0.29, 0.717) is 6.42 Å². The number of methoxy groups -OCH3 is 1. The minimum atomic E-state index is -0.0383. The molecule has 32 heavy (non-hydrogen) atoms. The summed E-state index contributed by atoms with van der Waals surface area (Å²) in [6.45, 7) is 4.88. The highest BCUT2D eigenvalue weighted by atomic mass is 16.5. The molecule has 2 aromatic heterocycles. The number of amides is 1. The van der Waals surface area contributed by atoms with Gasteiger partial charge in [-0.3, -0.25) is 9.78 Å². The van der Waals surface area contributed by atoms with E-state index in [1.165, 1.54) is 0 Å². The van der Waals surface area contributed by atoms with Crippen molar-refractivity contribution < 1.29 is 9.53 Å². The lowest BCUT2D eigenvalue weighted by Crippen LogP contribution is -2.32. The van der Waals surface area contributed by atoms with E-state index in [0.717, 1.165) is 71.7 Å². The van der Waals surface area contributed by atoms with E-state index in [1.807, 2.05) is 48.4 Å². The molecule has 1 saturated heterocycles. The molecule has 0 bridgehead atoms. The van der Waals surface area contributed by atoms with E-state index < -0.39 is 0 Å². The van der Waals surface area contributed by atoms with Crippen molar-refractivity contribution >= 4 is 5.91 Å². The highest BCUT2D eigenvalue weighted by molar-refractivity contribution is 5.80. The van der Waals surface area contributed by atoms with Crippen molar-refractivity contribution in [2.45, 2.75) is 52.0 Å². The summed E-state index contributed by atoms with van der Waals surface area (Å²) in [7, 11) is 1.66. The number of carbonyl (C=O) groups is 1. The number of pyridine rings is 1. The van der Waals surface area contributed by atoms with Crippen LogP contribution in [-0.4, -0.2) is 39.4 Å². The van der Waals surface area contributed by atoms with Gasteiger partial charge in [0.15, 0.2) is 0 Å². The highest BCUT2D eigenvalue weighted by Crippen LogP contribution is 2.37. The smallest absolute Gasteiger partial charge is 0.227 e. The molecule has 3 aromatic rings. The Hall–Kier alpha value is -3.28. The molecule has 0 N–H and O–H groups in total. The number of carbonyl (C=O) groups excluding carboxylic acids is 1. The summed E-state index contributed by atoms with van der Waals surface area (Å²) in [5, 5.41) is 0. The predicted octanol–water partition coefficient (Wildman–Crippen LogP) is 4.71. The van der Waals surface area contributed by atoms with Crippen LogP contribution in [0.5, 0.6) is 5.75 Å². The van der Waals surface area contributed by atoms with E-state index in [9.17, 15) is 4.79 Å². The Morgan fingerprint density at radius 2 is 2.03 bits per heavy atom. The van der Waals surface area contributed by atoms with Gasteiger partial charge in [0, 0.05) is 37.1 Å². The molecule has 0 unspecified atom stereocenters. The van der Waals surface area contributed by atoms with Crippen LogP contribution in [0.4, 0.5) is 0 Å². The van der Waals surface area contributed by atoms with Gasteiger partial charge in [0.2, 0.25) is 5.91 Å². The Bertz CT molecular complexity index is 1080. The third-order valence-electron chi connectivity index (χ3n) is 6.04. The number of ether oxygens (including phenoxy) is 1. The summed E-state index contributed by atoms with van der Waals surface area (Å²) >= 11 is 0. The normalized spacial score (nSPS) is 15.7. The topological polar surface area (TPSA) is 68.2 Å². The second-order valence-electron chi connectivity index (χ2n) is 8.30. The number of likely N-dealkylation sites (tertiary alicyclic amines) is 1. The van der Waals surface area contributed by atoms with Gasteiger partial charge in [-0.2, -0.15) is 0 Å². The molecule has 1 fully saturated rings. The summed E-state index contributed by atoms with van der Waals surface area (Å²) in [5.74, 6) is 1.81. The largest absolute Gasteiger partial charge is 0.496 e. The second-order valence-corrected chi connectivity index (χ2v) is 8.30. The Kier molecular flexibility index (Phi) is 6.78. The first-order valence-corrected chi connectivity index (χ1v) is 11.3. The monoisotopic (exact) mass is 430 g/mol. The number of aryl methyl sites for hydroxylation is 2. The molecule has 0 aliphatic carbocycles. The maximum atomic E-state index is 13.4. The van der Waals surface area contributed by atoms with Crippen LogP contribution in [0.3, 0.4) is 0 Å². The molecule has 0 radical (unpaired) electrons. The van der Waals surface area contributed by atoms with Gasteiger partial charge in [-0.15, -0.1) is 0 Å². The zero-order valence-electron chi connectivity index (χ0n) is 19.0. The Labute approximate surface area is 189 Å². The van der Waals surface area contributed by atoms with E-state index in [-0.39, 0.29) is 11.9 Å². The van der Waals surface area contributed by atoms with Gasteiger partial charge >= 0.3 is 0 Å². The van der Waals surface area contributed by atoms with Gasteiger partial charge in [0.05, 0.1) is 25.3 Å². The van der Waals surface area contributed by atoms with Crippen LogP contribution in [0.25, 0.3) is 11.1 Å². The second kappa shape index (κ2) is 9.90. The van der Waals surface area contributed by atoms with Crippen molar-refractivity contribution in [2.75, 3.05) is 13.7 Å². The molecule has 1 aliphatic heterocycles. The van der Waals surface area contributed by atoms with Crippen LogP contribution in [0, 0.1) is 6.92 Å². The van der Waals surface area contributed by atoms with Gasteiger partial charge in [-0.25, -0.2) is 9.97 Å². The third-order valence-corrected chi connectivity index (χ3v) is 6.04. The maximum Gasteiger partial charge on any atom is 0.227 e. The minimum absolute atomic E-state index is 0.0383. The van der Waals surface area contributed by atoms with E-state index in [4.69, 9.17) is 9.72 Å². The first kappa shape index (κ1) is 21.9. The predicted molar refractivity (Wildman–Crippen MR) is 124 cm³/mol. The van der Waals surface area contributed by atoms with Gasteiger partial charge < -0.3 is 9.64 Å². The summed E-state index contributed by atoms with van der Waals surface area (Å²) in [6, 6.07) is 9.85. The number of hydrogen-bond acceptors (Lipinski definition) is 5. The lowest BCUT2D eigenvalue weighted by Gasteiger charge is -2.26. The van der Waals surface area contributed by atoms with Crippen LogP contribution in [0.15, 0.2) is 48.9 Å². The zero-order chi connectivity index (χ0) is 22.5.